The number of rotatable bonds is 6. The molecule has 3 rings (SSSR count). The molecule has 0 aliphatic heterocycles. The number of hydrogen-bond donors (Lipinski definition) is 2. The minimum absolute atomic E-state index is 0.0371. The largest absolute Gasteiger partial charge is 0.365 e. The summed E-state index contributed by atoms with van der Waals surface area (Å²) in [4.78, 5) is 23.8. The lowest BCUT2D eigenvalue weighted by Gasteiger charge is -2.08. The van der Waals surface area contributed by atoms with Gasteiger partial charge in [-0.3, -0.25) is 14.9 Å². The smallest absolute Gasteiger partial charge is 0.256 e. The minimum atomic E-state index is -0.668. The number of aromatic nitrogens is 1. The van der Waals surface area contributed by atoms with Crippen LogP contribution in [0.2, 0.25) is 0 Å². The molecule has 0 aromatic carbocycles. The van der Waals surface area contributed by atoms with Crippen molar-refractivity contribution in [3.8, 4) is 11.3 Å². The first-order valence-electron chi connectivity index (χ1n) is 7.77. The Balaban J connectivity index is 1.69. The molecule has 0 unspecified atom stereocenters. The summed E-state index contributed by atoms with van der Waals surface area (Å²) < 4.78 is 5.15. The van der Waals surface area contributed by atoms with Gasteiger partial charge >= 0.3 is 0 Å². The van der Waals surface area contributed by atoms with Crippen LogP contribution in [-0.2, 0) is 4.79 Å². The Labute approximate surface area is 138 Å². The zero-order valence-corrected chi connectivity index (χ0v) is 13.5. The number of thiophene rings is 1. The van der Waals surface area contributed by atoms with Crippen LogP contribution < -0.4 is 11.1 Å². The third-order valence-corrected chi connectivity index (χ3v) is 4.92. The van der Waals surface area contributed by atoms with Crippen molar-refractivity contribution in [2.45, 2.75) is 38.5 Å². The molecule has 6 nitrogen and oxygen atoms in total. The van der Waals surface area contributed by atoms with Crippen LogP contribution in [0.1, 0.15) is 48.9 Å². The Morgan fingerprint density at radius 1 is 1.39 bits per heavy atom. The van der Waals surface area contributed by atoms with Gasteiger partial charge in [0.1, 0.15) is 11.3 Å². The van der Waals surface area contributed by atoms with E-state index in [9.17, 15) is 9.59 Å². The molecule has 7 heteroatoms. The number of nitrogens with two attached hydrogens (primary N) is 1. The summed E-state index contributed by atoms with van der Waals surface area (Å²) in [6.07, 6.45) is 6.18. The van der Waals surface area contributed by atoms with Crippen LogP contribution in [-0.4, -0.2) is 17.0 Å². The van der Waals surface area contributed by atoms with Crippen molar-refractivity contribution in [2.24, 2.45) is 11.7 Å². The van der Waals surface area contributed by atoms with Gasteiger partial charge in [0.2, 0.25) is 11.8 Å². The highest BCUT2D eigenvalue weighted by Crippen LogP contribution is 2.31. The molecule has 0 spiro atoms. The lowest BCUT2D eigenvalue weighted by molar-refractivity contribution is -0.116. The third kappa shape index (κ3) is 3.61. The normalized spacial score (nSPS) is 15.0. The number of amides is 2. The van der Waals surface area contributed by atoms with E-state index < -0.39 is 5.91 Å². The lowest BCUT2D eigenvalue weighted by Crippen LogP contribution is -2.17. The Morgan fingerprint density at radius 2 is 2.17 bits per heavy atom. The SMILES string of the molecule is NC(=O)c1c(-c2ccsc2)noc1NC(=O)CCC1CCCC1. The van der Waals surface area contributed by atoms with Crippen LogP contribution >= 0.6 is 11.3 Å². The van der Waals surface area contributed by atoms with Gasteiger partial charge in [0.25, 0.3) is 5.91 Å². The summed E-state index contributed by atoms with van der Waals surface area (Å²) in [7, 11) is 0. The Kier molecular flexibility index (Phi) is 4.76. The van der Waals surface area contributed by atoms with Gasteiger partial charge in [-0.15, -0.1) is 0 Å². The highest BCUT2D eigenvalue weighted by Gasteiger charge is 2.24. The molecule has 2 aromatic heterocycles. The third-order valence-electron chi connectivity index (χ3n) is 4.24. The predicted octanol–water partition coefficient (Wildman–Crippen LogP) is 3.41. The van der Waals surface area contributed by atoms with Crippen molar-refractivity contribution < 1.29 is 14.1 Å². The molecular weight excluding hydrogens is 314 g/mol. The van der Waals surface area contributed by atoms with E-state index in [2.05, 4.69) is 10.5 Å². The molecule has 2 heterocycles. The minimum Gasteiger partial charge on any atom is -0.365 e. The number of primary amides is 1. The number of nitrogens with zero attached hydrogens (tertiary/aromatic N) is 1. The van der Waals surface area contributed by atoms with E-state index >= 15 is 0 Å². The molecule has 0 saturated heterocycles. The van der Waals surface area contributed by atoms with Gasteiger partial charge in [-0.25, -0.2) is 0 Å². The summed E-state index contributed by atoms with van der Waals surface area (Å²) >= 11 is 1.48. The molecule has 0 radical (unpaired) electrons. The van der Waals surface area contributed by atoms with E-state index in [4.69, 9.17) is 10.3 Å². The number of carbonyl (C=O) groups is 2. The second-order valence-corrected chi connectivity index (χ2v) is 6.63. The van der Waals surface area contributed by atoms with Gasteiger partial charge < -0.3 is 10.3 Å². The standard InChI is InChI=1S/C16H19N3O3S/c17-15(21)13-14(11-7-8-23-9-11)19-22-16(13)18-12(20)6-5-10-3-1-2-4-10/h7-10H,1-6H2,(H2,17,21)(H,18,20). The molecule has 0 atom stereocenters. The highest BCUT2D eigenvalue weighted by atomic mass is 32.1. The van der Waals surface area contributed by atoms with Crippen LogP contribution in [0.3, 0.4) is 0 Å². The molecule has 1 aliphatic carbocycles. The van der Waals surface area contributed by atoms with Crippen molar-refractivity contribution >= 4 is 29.0 Å². The van der Waals surface area contributed by atoms with Crippen molar-refractivity contribution in [3.63, 3.8) is 0 Å². The van der Waals surface area contributed by atoms with Gasteiger partial charge in [-0.2, -0.15) is 11.3 Å². The fourth-order valence-electron chi connectivity index (χ4n) is 3.02. The van der Waals surface area contributed by atoms with Crippen LogP contribution in [0.4, 0.5) is 5.88 Å². The fourth-order valence-corrected chi connectivity index (χ4v) is 3.66. The first kappa shape index (κ1) is 15.7. The monoisotopic (exact) mass is 333 g/mol. The number of hydrogen-bond acceptors (Lipinski definition) is 5. The number of carbonyl (C=O) groups excluding carboxylic acids is 2. The van der Waals surface area contributed by atoms with Gasteiger partial charge in [0.05, 0.1) is 0 Å². The molecule has 0 bridgehead atoms. The molecule has 23 heavy (non-hydrogen) atoms. The quantitative estimate of drug-likeness (QED) is 0.846. The summed E-state index contributed by atoms with van der Waals surface area (Å²) in [5, 5.41) is 10.2. The van der Waals surface area contributed by atoms with Crippen LogP contribution in [0.25, 0.3) is 11.3 Å². The Hall–Kier alpha value is -2.15. The Bertz CT molecular complexity index is 687. The van der Waals surface area contributed by atoms with Gasteiger partial charge in [0, 0.05) is 17.4 Å². The second-order valence-electron chi connectivity index (χ2n) is 5.85. The molecule has 1 aliphatic rings. The fraction of sp³-hybridized carbons (Fsp3) is 0.438. The average Bonchev–Trinajstić information content (AvgIpc) is 3.25. The Morgan fingerprint density at radius 3 is 2.83 bits per heavy atom. The van der Waals surface area contributed by atoms with E-state index in [1.807, 2.05) is 16.8 Å². The van der Waals surface area contributed by atoms with Crippen LogP contribution in [0.5, 0.6) is 0 Å². The molecule has 2 aromatic rings. The van der Waals surface area contributed by atoms with E-state index in [0.717, 1.165) is 12.0 Å². The zero-order chi connectivity index (χ0) is 16.2. The van der Waals surface area contributed by atoms with Crippen molar-refractivity contribution in [1.82, 2.24) is 5.16 Å². The molecule has 1 fully saturated rings. The van der Waals surface area contributed by atoms with E-state index in [-0.39, 0.29) is 17.4 Å². The number of anilines is 1. The second kappa shape index (κ2) is 6.95. The number of nitrogens with one attached hydrogen (secondary N) is 1. The van der Waals surface area contributed by atoms with Gasteiger partial charge in [0.15, 0.2) is 0 Å². The van der Waals surface area contributed by atoms with Crippen molar-refractivity contribution in [3.05, 3.63) is 22.4 Å². The predicted molar refractivity (Wildman–Crippen MR) is 88.2 cm³/mol. The maximum atomic E-state index is 12.1. The highest BCUT2D eigenvalue weighted by molar-refractivity contribution is 7.08. The summed E-state index contributed by atoms with van der Waals surface area (Å²) in [6.45, 7) is 0. The summed E-state index contributed by atoms with van der Waals surface area (Å²) in [5.74, 6) is -0.173. The first-order chi connectivity index (χ1) is 11.1. The van der Waals surface area contributed by atoms with E-state index in [1.165, 1.54) is 37.0 Å². The topological polar surface area (TPSA) is 98.2 Å². The van der Waals surface area contributed by atoms with Crippen LogP contribution in [0, 0.1) is 5.92 Å². The first-order valence-corrected chi connectivity index (χ1v) is 8.71. The van der Waals surface area contributed by atoms with Gasteiger partial charge in [-0.05, 0) is 23.8 Å². The van der Waals surface area contributed by atoms with Gasteiger partial charge in [-0.1, -0.05) is 30.8 Å². The van der Waals surface area contributed by atoms with Crippen LogP contribution in [0.15, 0.2) is 21.3 Å². The molecular formula is C16H19N3O3S. The maximum Gasteiger partial charge on any atom is 0.256 e. The molecule has 1 saturated carbocycles. The van der Waals surface area contributed by atoms with E-state index in [0.29, 0.717) is 18.0 Å². The lowest BCUT2D eigenvalue weighted by atomic mass is 10.0. The maximum absolute atomic E-state index is 12.1. The van der Waals surface area contributed by atoms with Crippen molar-refractivity contribution in [1.29, 1.82) is 0 Å². The molecule has 2 amide bonds. The summed E-state index contributed by atoms with van der Waals surface area (Å²) in [6, 6.07) is 1.82. The van der Waals surface area contributed by atoms with Crippen molar-refractivity contribution in [2.75, 3.05) is 5.32 Å². The zero-order valence-electron chi connectivity index (χ0n) is 12.7. The molecule has 3 N–H and O–H groups in total. The van der Waals surface area contributed by atoms with E-state index in [1.54, 1.807) is 0 Å². The average molecular weight is 333 g/mol. The summed E-state index contributed by atoms with van der Waals surface area (Å²) in [5.41, 5.74) is 6.67. The molecule has 122 valence electrons.